The van der Waals surface area contributed by atoms with Crippen LogP contribution in [0, 0.1) is 11.7 Å². The summed E-state index contributed by atoms with van der Waals surface area (Å²) in [4.78, 5) is 19.0. The first kappa shape index (κ1) is 25.4. The van der Waals surface area contributed by atoms with Crippen molar-refractivity contribution in [3.05, 3.63) is 58.1 Å². The quantitative estimate of drug-likeness (QED) is 0.613. The lowest BCUT2D eigenvalue weighted by Crippen LogP contribution is -2.29. The van der Waals surface area contributed by atoms with Crippen LogP contribution in [0.1, 0.15) is 40.2 Å². The van der Waals surface area contributed by atoms with Gasteiger partial charge in [0.05, 0.1) is 6.07 Å². The van der Waals surface area contributed by atoms with Gasteiger partial charge in [-0.15, -0.1) is 0 Å². The van der Waals surface area contributed by atoms with E-state index in [1.807, 2.05) is 46.7 Å². The van der Waals surface area contributed by atoms with Crippen molar-refractivity contribution < 1.29 is 10.6 Å². The normalized spacial score (nSPS) is 10.6. The summed E-state index contributed by atoms with van der Waals surface area (Å²) in [7, 11) is 3.95. The zero-order chi connectivity index (χ0) is 22.7. The molecule has 1 aromatic heterocycles. The van der Waals surface area contributed by atoms with Crippen LogP contribution in [0.15, 0.2) is 35.6 Å². The lowest BCUT2D eigenvalue weighted by molar-refractivity contribution is 0.286. The van der Waals surface area contributed by atoms with Gasteiger partial charge in [0.15, 0.2) is 0 Å². The van der Waals surface area contributed by atoms with Crippen LogP contribution in [-0.2, 0) is 13.2 Å². The van der Waals surface area contributed by atoms with Gasteiger partial charge in [-0.3, -0.25) is 9.36 Å². The van der Waals surface area contributed by atoms with Crippen molar-refractivity contribution in [1.82, 2.24) is 14.5 Å². The van der Waals surface area contributed by atoms with E-state index >= 15 is 0 Å². The summed E-state index contributed by atoms with van der Waals surface area (Å²) in [6, 6.07) is 6.14. The molecule has 30 heavy (non-hydrogen) atoms. The maximum atomic E-state index is 14.1. The van der Waals surface area contributed by atoms with Crippen molar-refractivity contribution >= 4 is 12.0 Å². The van der Waals surface area contributed by atoms with E-state index < -0.39 is 0 Å². The Morgan fingerprint density at radius 2 is 2.03 bits per heavy atom. The van der Waals surface area contributed by atoms with Gasteiger partial charge in [-0.25, -0.2) is 4.39 Å². The second kappa shape index (κ2) is 12.8. The molecule has 0 saturated carbocycles. The van der Waals surface area contributed by atoms with Crippen molar-refractivity contribution in [2.75, 3.05) is 32.5 Å². The molecule has 6 nitrogen and oxygen atoms in total. The molecule has 0 unspecified atom stereocenters. The predicted octanol–water partition coefficient (Wildman–Crippen LogP) is 4.51. The Hall–Kier alpha value is -2.67. The highest BCUT2D eigenvalue weighted by atomic mass is 19.1. The Kier molecular flexibility index (Phi) is 10.8. The lowest BCUT2D eigenvalue weighted by atomic mass is 10.1. The van der Waals surface area contributed by atoms with Crippen molar-refractivity contribution in [2.45, 2.75) is 40.8 Å². The Morgan fingerprint density at radius 3 is 2.60 bits per heavy atom. The molecule has 0 aliphatic carbocycles. The van der Waals surface area contributed by atoms with Crippen LogP contribution in [0.3, 0.4) is 0 Å². The third kappa shape index (κ3) is 7.99. The third-order valence-electron chi connectivity index (χ3n) is 4.06. The van der Waals surface area contributed by atoms with Gasteiger partial charge in [-0.1, -0.05) is 52.5 Å². The minimum atomic E-state index is -0.380. The summed E-state index contributed by atoms with van der Waals surface area (Å²) in [6.45, 7) is 13.7. The van der Waals surface area contributed by atoms with E-state index in [1.54, 1.807) is 22.8 Å². The number of halogens is 1. The SMILES string of the molecule is C=Cc1ccc(COc2cc(=O)n(CC(C)C)c(NCCN(C)C)n2)c(F)c1.CC.[HH]. The van der Waals surface area contributed by atoms with E-state index in [0.717, 1.165) is 6.54 Å². The Morgan fingerprint density at radius 1 is 1.33 bits per heavy atom. The molecule has 2 aromatic rings. The van der Waals surface area contributed by atoms with E-state index in [9.17, 15) is 9.18 Å². The van der Waals surface area contributed by atoms with Gasteiger partial charge in [-0.2, -0.15) is 4.98 Å². The predicted molar refractivity (Wildman–Crippen MR) is 125 cm³/mol. The summed E-state index contributed by atoms with van der Waals surface area (Å²) in [5, 5.41) is 3.20. The fourth-order valence-electron chi connectivity index (χ4n) is 2.59. The highest BCUT2D eigenvalue weighted by molar-refractivity contribution is 5.47. The average molecular weight is 421 g/mol. The molecular weight excluding hydrogens is 383 g/mol. The molecule has 0 aliphatic heterocycles. The summed E-state index contributed by atoms with van der Waals surface area (Å²) in [5.74, 6) is 0.540. The van der Waals surface area contributed by atoms with Crippen molar-refractivity contribution in [3.8, 4) is 5.88 Å². The minimum absolute atomic E-state index is 0. The first-order chi connectivity index (χ1) is 14.3. The van der Waals surface area contributed by atoms with E-state index in [4.69, 9.17) is 4.74 Å². The number of hydrogen-bond acceptors (Lipinski definition) is 5. The molecule has 2 rings (SSSR count). The second-order valence-electron chi connectivity index (χ2n) is 7.33. The second-order valence-corrected chi connectivity index (χ2v) is 7.33. The van der Waals surface area contributed by atoms with Crippen LogP contribution in [0.4, 0.5) is 10.3 Å². The summed E-state index contributed by atoms with van der Waals surface area (Å²) >= 11 is 0. The van der Waals surface area contributed by atoms with E-state index in [0.29, 0.717) is 30.2 Å². The Bertz CT molecular complexity index is 869. The fourth-order valence-corrected chi connectivity index (χ4v) is 2.59. The molecular formula is C23H37FN4O2. The number of anilines is 1. The van der Waals surface area contributed by atoms with Gasteiger partial charge >= 0.3 is 0 Å². The number of nitrogens with one attached hydrogen (secondary N) is 1. The van der Waals surface area contributed by atoms with Crippen LogP contribution in [0.5, 0.6) is 5.88 Å². The van der Waals surface area contributed by atoms with Crippen molar-refractivity contribution in [3.63, 3.8) is 0 Å². The zero-order valence-corrected chi connectivity index (χ0v) is 19.0. The summed E-state index contributed by atoms with van der Waals surface area (Å²) in [6.07, 6.45) is 1.58. The lowest BCUT2D eigenvalue weighted by Gasteiger charge is -2.17. The fraction of sp³-hybridized carbons (Fsp3) is 0.478. The molecule has 168 valence electrons. The standard InChI is InChI=1S/C21H29FN4O2.C2H6.H2/c1-6-16-7-8-17(18(22)11-16)14-28-19-12-20(27)26(13-15(2)3)21(24-19)23-9-10-25(4)5;1-2;/h6-8,11-12,15H,1,9-10,13-14H2,2-5H3,(H,23,24);1-2H3;1H. The van der Waals surface area contributed by atoms with Gasteiger partial charge in [-0.05, 0) is 31.6 Å². The van der Waals surface area contributed by atoms with Crippen LogP contribution in [0.2, 0.25) is 0 Å². The van der Waals surface area contributed by atoms with Gasteiger partial charge in [0, 0.05) is 26.6 Å². The molecule has 0 spiro atoms. The highest BCUT2D eigenvalue weighted by Gasteiger charge is 2.12. The Labute approximate surface area is 180 Å². The topological polar surface area (TPSA) is 59.4 Å². The number of rotatable bonds is 10. The zero-order valence-electron chi connectivity index (χ0n) is 19.0. The number of aromatic nitrogens is 2. The van der Waals surface area contributed by atoms with E-state index in [-0.39, 0.29) is 31.2 Å². The molecule has 0 aliphatic rings. The van der Waals surface area contributed by atoms with Gasteiger partial charge in [0.1, 0.15) is 12.4 Å². The minimum Gasteiger partial charge on any atom is -0.472 e. The number of likely N-dealkylation sites (N-methyl/N-ethyl adjacent to an activating group) is 1. The third-order valence-corrected chi connectivity index (χ3v) is 4.06. The molecule has 1 aromatic carbocycles. The molecule has 0 amide bonds. The maximum absolute atomic E-state index is 14.1. The van der Waals surface area contributed by atoms with E-state index in [2.05, 4.69) is 16.9 Å². The monoisotopic (exact) mass is 420 g/mol. The largest absolute Gasteiger partial charge is 0.472 e. The molecule has 0 fully saturated rings. The highest BCUT2D eigenvalue weighted by Crippen LogP contribution is 2.16. The molecule has 1 heterocycles. The number of nitrogens with zero attached hydrogens (tertiary/aromatic N) is 3. The van der Waals surface area contributed by atoms with Gasteiger partial charge in [0.25, 0.3) is 5.56 Å². The van der Waals surface area contributed by atoms with E-state index in [1.165, 1.54) is 12.1 Å². The number of hydrogen-bond donors (Lipinski definition) is 1. The summed E-state index contributed by atoms with van der Waals surface area (Å²) < 4.78 is 21.3. The Balaban J connectivity index is 0.00000291. The molecule has 0 saturated heterocycles. The summed E-state index contributed by atoms with van der Waals surface area (Å²) in [5.41, 5.74) is 0.887. The average Bonchev–Trinajstić information content (AvgIpc) is 2.70. The number of benzene rings is 1. The molecule has 0 radical (unpaired) electrons. The van der Waals surface area contributed by atoms with Crippen LogP contribution >= 0.6 is 0 Å². The molecule has 0 bridgehead atoms. The van der Waals surface area contributed by atoms with Crippen LogP contribution in [-0.4, -0.2) is 41.6 Å². The maximum Gasteiger partial charge on any atom is 0.258 e. The molecule has 0 atom stereocenters. The first-order valence-corrected chi connectivity index (χ1v) is 10.3. The van der Waals surface area contributed by atoms with Crippen LogP contribution < -0.4 is 15.6 Å². The van der Waals surface area contributed by atoms with Crippen molar-refractivity contribution in [2.24, 2.45) is 5.92 Å². The molecule has 1 N–H and O–H groups in total. The van der Waals surface area contributed by atoms with Crippen molar-refractivity contribution in [1.29, 1.82) is 0 Å². The first-order valence-electron chi connectivity index (χ1n) is 10.3. The van der Waals surface area contributed by atoms with Gasteiger partial charge < -0.3 is 15.0 Å². The van der Waals surface area contributed by atoms with Gasteiger partial charge in [0.2, 0.25) is 11.8 Å². The molecule has 7 heteroatoms. The van der Waals surface area contributed by atoms with Crippen LogP contribution in [0.25, 0.3) is 6.08 Å². The number of ether oxygens (including phenoxy) is 1. The smallest absolute Gasteiger partial charge is 0.258 e.